The van der Waals surface area contributed by atoms with Crippen LogP contribution in [0.1, 0.15) is 0 Å². The molecule has 0 radical (unpaired) electrons. The van der Waals surface area contributed by atoms with Gasteiger partial charge in [0.1, 0.15) is 13.1 Å². The van der Waals surface area contributed by atoms with Crippen molar-refractivity contribution in [2.45, 2.75) is 6.67 Å². The van der Waals surface area contributed by atoms with Gasteiger partial charge in [0.05, 0.1) is 23.3 Å². The summed E-state index contributed by atoms with van der Waals surface area (Å²) in [5, 5.41) is 5.53. The summed E-state index contributed by atoms with van der Waals surface area (Å²) in [6.45, 7) is 4.21. The van der Waals surface area contributed by atoms with E-state index in [1.54, 1.807) is 21.3 Å². The lowest BCUT2D eigenvalue weighted by Crippen LogP contribution is -3.13. The Morgan fingerprint density at radius 2 is 2.11 bits per heavy atom. The van der Waals surface area contributed by atoms with Crippen molar-refractivity contribution in [1.82, 2.24) is 14.2 Å². The molecule has 3 heterocycles. The first-order valence-corrected chi connectivity index (χ1v) is 7.17. The fraction of sp³-hybridized carbons (Fsp3) is 0.455. The van der Waals surface area contributed by atoms with Crippen molar-refractivity contribution in [1.29, 1.82) is 0 Å². The summed E-state index contributed by atoms with van der Waals surface area (Å²) in [7, 11) is 0. The Balaban J connectivity index is 1.98. The second-order valence-electron chi connectivity index (χ2n) is 4.50. The van der Waals surface area contributed by atoms with E-state index < -0.39 is 0 Å². The predicted molar refractivity (Wildman–Crippen MR) is 75.6 cm³/mol. The molecule has 0 bridgehead atoms. The van der Waals surface area contributed by atoms with E-state index in [0.717, 1.165) is 33.0 Å². The van der Waals surface area contributed by atoms with Crippen molar-refractivity contribution in [2.24, 2.45) is 0 Å². The number of pyridine rings is 1. The maximum Gasteiger partial charge on any atom is 0.207 e. The minimum Gasteiger partial charge on any atom is -0.370 e. The number of hydrogen-bond acceptors (Lipinski definition) is 3. The third-order valence-electron chi connectivity index (χ3n) is 3.17. The standard InChI is InChI=1S/C11H12Cl2N4OS/c12-8-5-9(13)10-14-17(11(19)16(10)6-8)7-15-1-3-18-4-2-15/h5-6H,1-4,7H2/p+1. The molecule has 1 N–H and O–H groups in total. The lowest BCUT2D eigenvalue weighted by Gasteiger charge is -2.23. The molecule has 19 heavy (non-hydrogen) atoms. The first-order chi connectivity index (χ1) is 9.15. The Morgan fingerprint density at radius 3 is 2.84 bits per heavy atom. The van der Waals surface area contributed by atoms with E-state index in [1.165, 1.54) is 4.90 Å². The van der Waals surface area contributed by atoms with Gasteiger partial charge in [0.15, 0.2) is 12.3 Å². The fourth-order valence-electron chi connectivity index (χ4n) is 2.18. The Kier molecular flexibility index (Phi) is 3.77. The molecule has 1 aliphatic rings. The maximum atomic E-state index is 6.14. The average molecular weight is 320 g/mol. The van der Waals surface area contributed by atoms with Gasteiger partial charge in [0, 0.05) is 6.20 Å². The molecule has 8 heteroatoms. The lowest BCUT2D eigenvalue weighted by atomic mass is 10.4. The van der Waals surface area contributed by atoms with Crippen LogP contribution in [-0.2, 0) is 11.4 Å². The molecular weight excluding hydrogens is 307 g/mol. The number of rotatable bonds is 2. The molecule has 0 saturated carbocycles. The predicted octanol–water partition coefficient (Wildman–Crippen LogP) is 1.04. The van der Waals surface area contributed by atoms with Crippen LogP contribution >= 0.6 is 35.4 Å². The summed E-state index contributed by atoms with van der Waals surface area (Å²) in [6.07, 6.45) is 1.74. The SMILES string of the molecule is S=c1n(C[NH+]2CCOCC2)nc2c(Cl)cc(Cl)cn12. The summed E-state index contributed by atoms with van der Waals surface area (Å²) in [5.74, 6) is 0. The minimum absolute atomic E-state index is 0.509. The van der Waals surface area contributed by atoms with Crippen LogP contribution in [0.2, 0.25) is 10.0 Å². The van der Waals surface area contributed by atoms with Crippen LogP contribution in [0.3, 0.4) is 0 Å². The quantitative estimate of drug-likeness (QED) is 0.840. The van der Waals surface area contributed by atoms with Gasteiger partial charge in [-0.25, -0.2) is 0 Å². The molecule has 0 aromatic carbocycles. The van der Waals surface area contributed by atoms with Crippen LogP contribution in [0.5, 0.6) is 0 Å². The van der Waals surface area contributed by atoms with Gasteiger partial charge in [-0.05, 0) is 18.3 Å². The highest BCUT2D eigenvalue weighted by molar-refractivity contribution is 7.71. The van der Waals surface area contributed by atoms with Gasteiger partial charge >= 0.3 is 0 Å². The summed E-state index contributed by atoms with van der Waals surface area (Å²) in [6, 6.07) is 1.67. The molecule has 0 aliphatic carbocycles. The number of ether oxygens (including phenoxy) is 1. The molecule has 0 atom stereocenters. The molecule has 2 aromatic rings. The van der Waals surface area contributed by atoms with Crippen molar-refractivity contribution >= 4 is 41.1 Å². The van der Waals surface area contributed by atoms with Gasteiger partial charge in [-0.3, -0.25) is 4.40 Å². The normalized spacial score (nSPS) is 17.2. The third-order valence-corrected chi connectivity index (χ3v) is 4.07. The van der Waals surface area contributed by atoms with Crippen molar-refractivity contribution in [2.75, 3.05) is 26.3 Å². The van der Waals surface area contributed by atoms with Gasteiger partial charge in [-0.2, -0.15) is 4.68 Å². The minimum atomic E-state index is 0.509. The zero-order chi connectivity index (χ0) is 13.4. The van der Waals surface area contributed by atoms with Gasteiger partial charge in [0.2, 0.25) is 4.77 Å². The van der Waals surface area contributed by atoms with Crippen LogP contribution in [0, 0.1) is 4.77 Å². The monoisotopic (exact) mass is 319 g/mol. The first kappa shape index (κ1) is 13.3. The zero-order valence-electron chi connectivity index (χ0n) is 10.1. The molecule has 1 saturated heterocycles. The Labute approximate surface area is 125 Å². The van der Waals surface area contributed by atoms with E-state index in [0.29, 0.717) is 20.5 Å². The molecular formula is C11H13Cl2N4OS+. The van der Waals surface area contributed by atoms with Crippen LogP contribution in [0.25, 0.3) is 5.65 Å². The van der Waals surface area contributed by atoms with E-state index >= 15 is 0 Å². The largest absolute Gasteiger partial charge is 0.370 e. The molecule has 0 unspecified atom stereocenters. The van der Waals surface area contributed by atoms with E-state index in [2.05, 4.69) is 5.10 Å². The summed E-state index contributed by atoms with van der Waals surface area (Å²) < 4.78 is 9.50. The highest BCUT2D eigenvalue weighted by Gasteiger charge is 2.17. The highest BCUT2D eigenvalue weighted by atomic mass is 35.5. The van der Waals surface area contributed by atoms with Gasteiger partial charge < -0.3 is 9.64 Å². The number of morpholine rings is 1. The van der Waals surface area contributed by atoms with E-state index in [4.69, 9.17) is 40.2 Å². The van der Waals surface area contributed by atoms with Crippen molar-refractivity contribution in [3.63, 3.8) is 0 Å². The topological polar surface area (TPSA) is 35.9 Å². The first-order valence-electron chi connectivity index (χ1n) is 6.00. The number of halogens is 2. The molecule has 3 rings (SSSR count). The Bertz CT molecular complexity index is 662. The number of nitrogens with zero attached hydrogens (tertiary/aromatic N) is 3. The number of quaternary nitrogens is 1. The van der Waals surface area contributed by atoms with E-state index in [-0.39, 0.29) is 0 Å². The van der Waals surface area contributed by atoms with Gasteiger partial charge in [-0.15, -0.1) is 5.10 Å². The smallest absolute Gasteiger partial charge is 0.207 e. The lowest BCUT2D eigenvalue weighted by molar-refractivity contribution is -0.930. The van der Waals surface area contributed by atoms with E-state index in [9.17, 15) is 0 Å². The van der Waals surface area contributed by atoms with Crippen LogP contribution in [0.4, 0.5) is 0 Å². The van der Waals surface area contributed by atoms with E-state index in [1.807, 2.05) is 0 Å². The Hall–Kier alpha value is -0.660. The van der Waals surface area contributed by atoms with Crippen LogP contribution in [0.15, 0.2) is 12.3 Å². The van der Waals surface area contributed by atoms with Crippen molar-refractivity contribution in [3.05, 3.63) is 27.1 Å². The van der Waals surface area contributed by atoms with Crippen LogP contribution < -0.4 is 4.90 Å². The maximum absolute atomic E-state index is 6.14. The number of nitrogens with one attached hydrogen (secondary N) is 1. The third kappa shape index (κ3) is 2.64. The highest BCUT2D eigenvalue weighted by Crippen LogP contribution is 2.21. The second-order valence-corrected chi connectivity index (χ2v) is 5.71. The van der Waals surface area contributed by atoms with Crippen molar-refractivity contribution in [3.8, 4) is 0 Å². The summed E-state index contributed by atoms with van der Waals surface area (Å²) >= 11 is 17.5. The molecule has 1 fully saturated rings. The molecule has 2 aromatic heterocycles. The fourth-order valence-corrected chi connectivity index (χ4v) is 2.93. The number of fused-ring (bicyclic) bond motifs is 1. The van der Waals surface area contributed by atoms with Gasteiger partial charge in [-0.1, -0.05) is 23.2 Å². The summed E-state index contributed by atoms with van der Waals surface area (Å²) in [5.41, 5.74) is 0.642. The average Bonchev–Trinajstić information content (AvgIpc) is 2.69. The number of aromatic nitrogens is 3. The Morgan fingerprint density at radius 1 is 1.37 bits per heavy atom. The van der Waals surface area contributed by atoms with Gasteiger partial charge in [0.25, 0.3) is 0 Å². The second kappa shape index (κ2) is 5.38. The van der Waals surface area contributed by atoms with Crippen molar-refractivity contribution < 1.29 is 9.64 Å². The molecule has 1 aliphatic heterocycles. The number of hydrogen-bond donors (Lipinski definition) is 1. The van der Waals surface area contributed by atoms with Crippen LogP contribution in [-0.4, -0.2) is 40.5 Å². The molecule has 0 spiro atoms. The molecule has 5 nitrogen and oxygen atoms in total. The molecule has 0 amide bonds. The zero-order valence-corrected chi connectivity index (χ0v) is 12.4. The molecule has 102 valence electrons. The summed E-state index contributed by atoms with van der Waals surface area (Å²) in [4.78, 5) is 1.40.